The number of aromatic nitrogens is 1. The predicted octanol–water partition coefficient (Wildman–Crippen LogP) is 3.43. The highest BCUT2D eigenvalue weighted by molar-refractivity contribution is 6.06. The van der Waals surface area contributed by atoms with Crippen molar-refractivity contribution in [1.29, 1.82) is 0 Å². The van der Waals surface area contributed by atoms with E-state index in [0.717, 1.165) is 30.0 Å². The normalized spacial score (nSPS) is 14.2. The molecule has 0 atom stereocenters. The van der Waals surface area contributed by atoms with Gasteiger partial charge in [-0.05, 0) is 24.3 Å². The predicted molar refractivity (Wildman–Crippen MR) is 99.4 cm³/mol. The molecule has 1 aromatic heterocycles. The number of ether oxygens (including phenoxy) is 1. The number of carbonyl (C=O) groups is 1. The number of morpholine rings is 1. The monoisotopic (exact) mass is 349 g/mol. The van der Waals surface area contributed by atoms with Crippen molar-refractivity contribution in [3.05, 3.63) is 66.7 Å². The molecule has 1 aliphatic heterocycles. The van der Waals surface area contributed by atoms with Crippen LogP contribution >= 0.6 is 0 Å². The third-order valence-electron chi connectivity index (χ3n) is 4.37. The lowest BCUT2D eigenvalue weighted by molar-refractivity contribution is 0.102. The fourth-order valence-electron chi connectivity index (χ4n) is 3.00. The lowest BCUT2D eigenvalue weighted by atomic mass is 10.1. The summed E-state index contributed by atoms with van der Waals surface area (Å²) in [4.78, 5) is 18.8. The van der Waals surface area contributed by atoms with Gasteiger partial charge in [0.1, 0.15) is 0 Å². The molecule has 132 valence electrons. The fourth-order valence-corrected chi connectivity index (χ4v) is 3.00. The van der Waals surface area contributed by atoms with Crippen molar-refractivity contribution in [2.24, 2.45) is 0 Å². The summed E-state index contributed by atoms with van der Waals surface area (Å²) in [7, 11) is 0. The lowest BCUT2D eigenvalue weighted by Crippen LogP contribution is -2.36. The van der Waals surface area contributed by atoms with Crippen molar-refractivity contribution in [2.75, 3.05) is 36.5 Å². The summed E-state index contributed by atoms with van der Waals surface area (Å²) in [5.74, 6) is 0.532. The van der Waals surface area contributed by atoms with Crippen molar-refractivity contribution in [3.8, 4) is 11.3 Å². The molecule has 6 heteroatoms. The molecule has 0 unspecified atom stereocenters. The van der Waals surface area contributed by atoms with E-state index >= 15 is 0 Å². The van der Waals surface area contributed by atoms with Gasteiger partial charge >= 0.3 is 0 Å². The Kier molecular flexibility index (Phi) is 4.66. The molecule has 1 saturated heterocycles. The van der Waals surface area contributed by atoms with Crippen LogP contribution in [0.2, 0.25) is 0 Å². The number of nitrogens with one attached hydrogen (secondary N) is 1. The average Bonchev–Trinajstić information content (AvgIpc) is 3.24. The highest BCUT2D eigenvalue weighted by atomic mass is 16.5. The number of carbonyl (C=O) groups excluding carboxylic acids is 1. The van der Waals surface area contributed by atoms with E-state index in [2.05, 4.69) is 15.2 Å². The van der Waals surface area contributed by atoms with E-state index in [1.165, 1.54) is 6.39 Å². The number of hydrogen-bond donors (Lipinski definition) is 1. The molecule has 3 aromatic rings. The number of rotatable bonds is 4. The van der Waals surface area contributed by atoms with Crippen LogP contribution in [0.5, 0.6) is 0 Å². The smallest absolute Gasteiger partial charge is 0.255 e. The maximum Gasteiger partial charge on any atom is 0.255 e. The summed E-state index contributed by atoms with van der Waals surface area (Å²) in [6.07, 6.45) is 3.03. The van der Waals surface area contributed by atoms with Crippen LogP contribution in [0.4, 0.5) is 11.4 Å². The molecule has 6 nitrogen and oxygen atoms in total. The fraction of sp³-hybridized carbons (Fsp3) is 0.200. The van der Waals surface area contributed by atoms with Crippen molar-refractivity contribution >= 4 is 17.3 Å². The number of nitrogens with zero attached hydrogens (tertiary/aromatic N) is 2. The number of oxazole rings is 1. The summed E-state index contributed by atoms with van der Waals surface area (Å²) >= 11 is 0. The summed E-state index contributed by atoms with van der Waals surface area (Å²) < 4.78 is 10.7. The average molecular weight is 349 g/mol. The first-order valence-corrected chi connectivity index (χ1v) is 8.53. The number of para-hydroxylation sites is 2. The number of amides is 1. The second-order valence-corrected chi connectivity index (χ2v) is 6.01. The van der Waals surface area contributed by atoms with Crippen LogP contribution in [0, 0.1) is 0 Å². The van der Waals surface area contributed by atoms with Gasteiger partial charge < -0.3 is 19.4 Å². The highest BCUT2D eigenvalue weighted by Gasteiger charge is 2.16. The molecule has 4 rings (SSSR count). The molecule has 2 aromatic carbocycles. The van der Waals surface area contributed by atoms with Crippen LogP contribution < -0.4 is 10.2 Å². The molecule has 0 saturated carbocycles. The zero-order valence-electron chi connectivity index (χ0n) is 14.2. The maximum absolute atomic E-state index is 12.7. The van der Waals surface area contributed by atoms with Gasteiger partial charge in [0.2, 0.25) is 0 Å². The van der Waals surface area contributed by atoms with E-state index in [9.17, 15) is 4.79 Å². The summed E-state index contributed by atoms with van der Waals surface area (Å²) in [6, 6.07) is 15.1. The van der Waals surface area contributed by atoms with Crippen LogP contribution in [-0.4, -0.2) is 37.2 Å². The van der Waals surface area contributed by atoms with Crippen LogP contribution in [0.3, 0.4) is 0 Å². The molecule has 26 heavy (non-hydrogen) atoms. The largest absolute Gasteiger partial charge is 0.444 e. The lowest BCUT2D eigenvalue weighted by Gasteiger charge is -2.30. The Hall–Kier alpha value is -3.12. The minimum atomic E-state index is -0.144. The Labute approximate surface area is 151 Å². The maximum atomic E-state index is 12.7. The molecule has 1 amide bonds. The SMILES string of the molecule is O=C(Nc1ccccc1N1CCOCC1)c1ccc(-c2cnco2)cc1. The van der Waals surface area contributed by atoms with Gasteiger partial charge in [-0.25, -0.2) is 4.98 Å². The molecule has 0 radical (unpaired) electrons. The van der Waals surface area contributed by atoms with Crippen molar-refractivity contribution in [2.45, 2.75) is 0 Å². The van der Waals surface area contributed by atoms with E-state index in [1.54, 1.807) is 18.3 Å². The second kappa shape index (κ2) is 7.41. The molecule has 0 spiro atoms. The molecule has 0 bridgehead atoms. The zero-order chi connectivity index (χ0) is 17.8. The Balaban J connectivity index is 1.51. The first kappa shape index (κ1) is 16.4. The van der Waals surface area contributed by atoms with E-state index in [1.807, 2.05) is 36.4 Å². The van der Waals surface area contributed by atoms with Gasteiger partial charge in [0, 0.05) is 24.2 Å². The minimum Gasteiger partial charge on any atom is -0.444 e. The summed E-state index contributed by atoms with van der Waals surface area (Å²) in [6.45, 7) is 3.04. The summed E-state index contributed by atoms with van der Waals surface area (Å²) in [5, 5.41) is 3.02. The molecule has 1 N–H and O–H groups in total. The van der Waals surface area contributed by atoms with E-state index in [4.69, 9.17) is 9.15 Å². The number of hydrogen-bond acceptors (Lipinski definition) is 5. The van der Waals surface area contributed by atoms with E-state index in [-0.39, 0.29) is 5.91 Å². The van der Waals surface area contributed by atoms with Crippen molar-refractivity contribution < 1.29 is 13.9 Å². The molecular weight excluding hydrogens is 330 g/mol. The van der Waals surface area contributed by atoms with Gasteiger partial charge in [-0.2, -0.15) is 0 Å². The van der Waals surface area contributed by atoms with Crippen LogP contribution in [0.25, 0.3) is 11.3 Å². The van der Waals surface area contributed by atoms with Gasteiger partial charge in [-0.3, -0.25) is 4.79 Å². The Morgan fingerprint density at radius 2 is 1.81 bits per heavy atom. The van der Waals surface area contributed by atoms with Gasteiger partial charge in [-0.15, -0.1) is 0 Å². The molecule has 1 fully saturated rings. The highest BCUT2D eigenvalue weighted by Crippen LogP contribution is 2.27. The Morgan fingerprint density at radius 1 is 1.04 bits per heavy atom. The molecule has 0 aliphatic carbocycles. The quantitative estimate of drug-likeness (QED) is 0.782. The van der Waals surface area contributed by atoms with E-state index < -0.39 is 0 Å². The number of benzene rings is 2. The third-order valence-corrected chi connectivity index (χ3v) is 4.37. The topological polar surface area (TPSA) is 67.6 Å². The first-order chi connectivity index (χ1) is 12.8. The van der Waals surface area contributed by atoms with Crippen molar-refractivity contribution in [3.63, 3.8) is 0 Å². The first-order valence-electron chi connectivity index (χ1n) is 8.53. The Morgan fingerprint density at radius 3 is 2.54 bits per heavy atom. The molecular formula is C20H19N3O3. The standard InChI is InChI=1S/C20H19N3O3/c24-20(16-7-5-15(6-8-16)19-13-21-14-26-19)22-17-3-1-2-4-18(17)23-9-11-25-12-10-23/h1-8,13-14H,9-12H2,(H,22,24). The van der Waals surface area contributed by atoms with Gasteiger partial charge in [0.15, 0.2) is 12.2 Å². The van der Waals surface area contributed by atoms with E-state index in [0.29, 0.717) is 24.5 Å². The van der Waals surface area contributed by atoms with Crippen molar-refractivity contribution in [1.82, 2.24) is 4.98 Å². The van der Waals surface area contributed by atoms with Gasteiger partial charge in [0.25, 0.3) is 5.91 Å². The van der Waals surface area contributed by atoms with Crippen LogP contribution in [0.1, 0.15) is 10.4 Å². The Bertz CT molecular complexity index is 870. The number of anilines is 2. The molecule has 1 aliphatic rings. The van der Waals surface area contributed by atoms with Gasteiger partial charge in [-0.1, -0.05) is 24.3 Å². The van der Waals surface area contributed by atoms with Crippen LogP contribution in [0.15, 0.2) is 65.5 Å². The summed E-state index contributed by atoms with van der Waals surface area (Å²) in [5.41, 5.74) is 3.29. The third kappa shape index (κ3) is 3.45. The van der Waals surface area contributed by atoms with Gasteiger partial charge in [0.05, 0.1) is 30.8 Å². The van der Waals surface area contributed by atoms with Crippen LogP contribution in [-0.2, 0) is 4.74 Å². The zero-order valence-corrected chi connectivity index (χ0v) is 14.2. The second-order valence-electron chi connectivity index (χ2n) is 6.01. The molecule has 2 heterocycles. The minimum absolute atomic E-state index is 0.144.